The summed E-state index contributed by atoms with van der Waals surface area (Å²) in [6.45, 7) is 2.25. The molecule has 1 fully saturated rings. The minimum Gasteiger partial charge on any atom is -0.325 e. The fourth-order valence-corrected chi connectivity index (χ4v) is 3.02. The van der Waals surface area contributed by atoms with Crippen molar-refractivity contribution in [3.05, 3.63) is 58.1 Å². The van der Waals surface area contributed by atoms with Crippen molar-refractivity contribution >= 4 is 46.4 Å². The summed E-state index contributed by atoms with van der Waals surface area (Å²) in [5.41, 5.74) is 2.34. The van der Waals surface area contributed by atoms with Crippen LogP contribution in [-0.2, 0) is 9.59 Å². The third-order valence-electron chi connectivity index (χ3n) is 4.09. The highest BCUT2D eigenvalue weighted by Crippen LogP contribution is 2.28. The van der Waals surface area contributed by atoms with E-state index in [0.717, 1.165) is 11.3 Å². The molecule has 0 bridgehead atoms. The largest absolute Gasteiger partial charge is 0.325 e. The number of nitrogens with one attached hydrogen (secondary N) is 1. The molecule has 2 aromatic carbocycles. The van der Waals surface area contributed by atoms with Gasteiger partial charge in [-0.2, -0.15) is 0 Å². The SMILES string of the molecule is Cc1ccc(Cl)cc1NC(=O)[C@H]1CC(=O)N(c2ccc(Cl)cc2)C1. The number of anilines is 2. The number of hydrogen-bond donors (Lipinski definition) is 1. The highest BCUT2D eigenvalue weighted by Gasteiger charge is 2.35. The number of benzene rings is 2. The number of halogens is 2. The fourth-order valence-electron chi connectivity index (χ4n) is 2.72. The third kappa shape index (κ3) is 3.55. The zero-order valence-corrected chi connectivity index (χ0v) is 14.6. The molecule has 1 heterocycles. The van der Waals surface area contributed by atoms with Gasteiger partial charge in [0.15, 0.2) is 0 Å². The molecule has 6 heteroatoms. The van der Waals surface area contributed by atoms with Crippen LogP contribution in [0.3, 0.4) is 0 Å². The van der Waals surface area contributed by atoms with E-state index in [1.165, 1.54) is 0 Å². The Hall–Kier alpha value is -2.04. The van der Waals surface area contributed by atoms with Crippen molar-refractivity contribution in [2.75, 3.05) is 16.8 Å². The zero-order valence-electron chi connectivity index (χ0n) is 13.1. The Balaban J connectivity index is 1.72. The van der Waals surface area contributed by atoms with Crippen LogP contribution < -0.4 is 10.2 Å². The van der Waals surface area contributed by atoms with Crippen LogP contribution in [-0.4, -0.2) is 18.4 Å². The molecule has 2 amide bonds. The molecule has 3 rings (SSSR count). The Morgan fingerprint density at radius 3 is 2.50 bits per heavy atom. The molecule has 1 atom stereocenters. The number of aryl methyl sites for hydroxylation is 1. The number of carbonyl (C=O) groups is 2. The summed E-state index contributed by atoms with van der Waals surface area (Å²) in [5, 5.41) is 4.04. The van der Waals surface area contributed by atoms with Gasteiger partial charge in [-0.15, -0.1) is 0 Å². The van der Waals surface area contributed by atoms with E-state index in [0.29, 0.717) is 22.3 Å². The molecule has 2 aromatic rings. The zero-order chi connectivity index (χ0) is 17.3. The van der Waals surface area contributed by atoms with E-state index in [4.69, 9.17) is 23.2 Å². The van der Waals surface area contributed by atoms with Crippen molar-refractivity contribution < 1.29 is 9.59 Å². The van der Waals surface area contributed by atoms with Gasteiger partial charge in [0.25, 0.3) is 0 Å². The lowest BCUT2D eigenvalue weighted by Crippen LogP contribution is -2.28. The first-order valence-corrected chi connectivity index (χ1v) is 8.32. The Bertz CT molecular complexity index is 790. The highest BCUT2D eigenvalue weighted by molar-refractivity contribution is 6.31. The van der Waals surface area contributed by atoms with Gasteiger partial charge in [-0.05, 0) is 48.9 Å². The quantitative estimate of drug-likeness (QED) is 0.884. The smallest absolute Gasteiger partial charge is 0.229 e. The van der Waals surface area contributed by atoms with Crippen molar-refractivity contribution in [1.82, 2.24) is 0 Å². The first-order chi connectivity index (χ1) is 11.4. The topological polar surface area (TPSA) is 49.4 Å². The van der Waals surface area contributed by atoms with Gasteiger partial charge in [0.2, 0.25) is 11.8 Å². The van der Waals surface area contributed by atoms with Gasteiger partial charge in [-0.1, -0.05) is 29.3 Å². The van der Waals surface area contributed by atoms with Gasteiger partial charge in [0.05, 0.1) is 5.92 Å². The van der Waals surface area contributed by atoms with E-state index in [2.05, 4.69) is 5.32 Å². The van der Waals surface area contributed by atoms with Gasteiger partial charge in [-0.3, -0.25) is 9.59 Å². The molecule has 0 unspecified atom stereocenters. The third-order valence-corrected chi connectivity index (χ3v) is 4.58. The van der Waals surface area contributed by atoms with Crippen LogP contribution in [0.15, 0.2) is 42.5 Å². The molecule has 1 aliphatic heterocycles. The molecule has 0 aromatic heterocycles. The molecule has 0 radical (unpaired) electrons. The van der Waals surface area contributed by atoms with Crippen LogP contribution in [0.2, 0.25) is 10.0 Å². The number of amides is 2. The van der Waals surface area contributed by atoms with E-state index in [9.17, 15) is 9.59 Å². The standard InChI is InChI=1S/C18H16Cl2N2O2/c1-11-2-3-14(20)9-16(11)21-18(24)12-8-17(23)22(10-12)15-6-4-13(19)5-7-15/h2-7,9,12H,8,10H2,1H3,(H,21,24)/t12-/m0/s1. The van der Waals surface area contributed by atoms with Crippen molar-refractivity contribution in [3.8, 4) is 0 Å². The summed E-state index contributed by atoms with van der Waals surface area (Å²) < 4.78 is 0. The summed E-state index contributed by atoms with van der Waals surface area (Å²) in [5.74, 6) is -0.642. The number of rotatable bonds is 3. The lowest BCUT2D eigenvalue weighted by Gasteiger charge is -2.17. The molecule has 1 aliphatic rings. The van der Waals surface area contributed by atoms with E-state index in [-0.39, 0.29) is 18.2 Å². The van der Waals surface area contributed by atoms with Crippen LogP contribution in [0, 0.1) is 12.8 Å². The van der Waals surface area contributed by atoms with Crippen molar-refractivity contribution in [1.29, 1.82) is 0 Å². The first-order valence-electron chi connectivity index (χ1n) is 7.57. The van der Waals surface area contributed by atoms with Crippen LogP contribution in [0.1, 0.15) is 12.0 Å². The number of nitrogens with zero attached hydrogens (tertiary/aromatic N) is 1. The van der Waals surface area contributed by atoms with Crippen molar-refractivity contribution in [2.24, 2.45) is 5.92 Å². The molecule has 124 valence electrons. The van der Waals surface area contributed by atoms with Gasteiger partial charge in [0, 0.05) is 34.4 Å². The maximum Gasteiger partial charge on any atom is 0.229 e. The molecular weight excluding hydrogens is 347 g/mol. The average molecular weight is 363 g/mol. The summed E-state index contributed by atoms with van der Waals surface area (Å²) >= 11 is 11.8. The van der Waals surface area contributed by atoms with Crippen molar-refractivity contribution in [3.63, 3.8) is 0 Å². The number of hydrogen-bond acceptors (Lipinski definition) is 2. The minimum absolute atomic E-state index is 0.0692. The Kier molecular flexibility index (Phi) is 4.78. The summed E-state index contributed by atoms with van der Waals surface area (Å²) in [6.07, 6.45) is 0.189. The lowest BCUT2D eigenvalue weighted by atomic mass is 10.1. The maximum atomic E-state index is 12.5. The van der Waals surface area contributed by atoms with Crippen molar-refractivity contribution in [2.45, 2.75) is 13.3 Å². The second-order valence-corrected chi connectivity index (χ2v) is 6.70. The average Bonchev–Trinajstić information content (AvgIpc) is 2.94. The van der Waals surface area contributed by atoms with Crippen LogP contribution in [0.4, 0.5) is 11.4 Å². The molecule has 24 heavy (non-hydrogen) atoms. The van der Waals surface area contributed by atoms with Crippen LogP contribution >= 0.6 is 23.2 Å². The van der Waals surface area contributed by atoms with Gasteiger partial charge >= 0.3 is 0 Å². The molecule has 0 aliphatic carbocycles. The monoisotopic (exact) mass is 362 g/mol. The molecule has 0 spiro atoms. The van der Waals surface area contributed by atoms with Gasteiger partial charge in [-0.25, -0.2) is 0 Å². The van der Waals surface area contributed by atoms with Gasteiger partial charge < -0.3 is 10.2 Å². The van der Waals surface area contributed by atoms with Crippen LogP contribution in [0.5, 0.6) is 0 Å². The predicted octanol–water partition coefficient (Wildman–Crippen LogP) is 4.29. The maximum absolute atomic E-state index is 12.5. The fraction of sp³-hybridized carbons (Fsp3) is 0.222. The second-order valence-electron chi connectivity index (χ2n) is 5.83. The number of carbonyl (C=O) groups excluding carboxylic acids is 2. The summed E-state index contributed by atoms with van der Waals surface area (Å²) in [6, 6.07) is 12.3. The molecule has 0 saturated carbocycles. The molecule has 4 nitrogen and oxygen atoms in total. The Morgan fingerprint density at radius 1 is 1.12 bits per heavy atom. The minimum atomic E-state index is -0.397. The predicted molar refractivity (Wildman–Crippen MR) is 96.7 cm³/mol. The molecule has 1 saturated heterocycles. The van der Waals surface area contributed by atoms with E-state index < -0.39 is 5.92 Å². The van der Waals surface area contributed by atoms with E-state index in [1.54, 1.807) is 41.3 Å². The molecule has 1 N–H and O–H groups in total. The first kappa shape index (κ1) is 16.8. The Labute approximate surface area is 150 Å². The Morgan fingerprint density at radius 2 is 1.79 bits per heavy atom. The summed E-state index contributed by atoms with van der Waals surface area (Å²) in [7, 11) is 0. The second kappa shape index (κ2) is 6.83. The normalized spacial score (nSPS) is 17.2. The van der Waals surface area contributed by atoms with E-state index >= 15 is 0 Å². The van der Waals surface area contributed by atoms with Crippen LogP contribution in [0.25, 0.3) is 0 Å². The van der Waals surface area contributed by atoms with Gasteiger partial charge in [0.1, 0.15) is 0 Å². The lowest BCUT2D eigenvalue weighted by molar-refractivity contribution is -0.122. The van der Waals surface area contributed by atoms with E-state index in [1.807, 2.05) is 13.0 Å². The molecular formula is C18H16Cl2N2O2. The summed E-state index contributed by atoms with van der Waals surface area (Å²) in [4.78, 5) is 26.4. The highest BCUT2D eigenvalue weighted by atomic mass is 35.5.